The number of nitrogens with one attached hydrogen (secondary N) is 1. The summed E-state index contributed by atoms with van der Waals surface area (Å²) in [6.07, 6.45) is 0.649. The third-order valence-corrected chi connectivity index (χ3v) is 5.02. The lowest BCUT2D eigenvalue weighted by Crippen LogP contribution is -2.32. The summed E-state index contributed by atoms with van der Waals surface area (Å²) in [6, 6.07) is 16.8. The van der Waals surface area contributed by atoms with Gasteiger partial charge in [-0.2, -0.15) is 0 Å². The predicted octanol–water partition coefficient (Wildman–Crippen LogP) is 4.39. The molecular weight excluding hydrogens is 364 g/mol. The van der Waals surface area contributed by atoms with Crippen LogP contribution < -0.4 is 5.32 Å². The van der Waals surface area contributed by atoms with Crippen LogP contribution in [0.15, 0.2) is 54.6 Å². The highest BCUT2D eigenvalue weighted by Crippen LogP contribution is 2.24. The van der Waals surface area contributed by atoms with E-state index in [4.69, 9.17) is 4.74 Å². The number of ether oxygens (including phenoxy) is 1. The van der Waals surface area contributed by atoms with Crippen molar-refractivity contribution in [1.82, 2.24) is 4.90 Å². The van der Waals surface area contributed by atoms with Crippen molar-refractivity contribution < 1.29 is 14.3 Å². The van der Waals surface area contributed by atoms with Gasteiger partial charge in [0.2, 0.25) is 5.91 Å². The number of anilines is 1. The van der Waals surface area contributed by atoms with E-state index >= 15 is 0 Å². The summed E-state index contributed by atoms with van der Waals surface area (Å²) < 4.78 is 5.34. The molecule has 0 atom stereocenters. The fraction of sp³-hybridized carbons (Fsp3) is 0.417. The third-order valence-electron chi connectivity index (χ3n) is 5.02. The van der Waals surface area contributed by atoms with Crippen molar-refractivity contribution in [3.05, 3.63) is 65.7 Å². The molecule has 156 valence electrons. The van der Waals surface area contributed by atoms with Gasteiger partial charge in [0.15, 0.2) is 0 Å². The number of benzene rings is 2. The highest BCUT2D eigenvalue weighted by atomic mass is 16.5. The minimum Gasteiger partial charge on any atom is -0.461 e. The van der Waals surface area contributed by atoms with Gasteiger partial charge in [0.25, 0.3) is 0 Å². The Labute approximate surface area is 174 Å². The Morgan fingerprint density at radius 2 is 1.59 bits per heavy atom. The van der Waals surface area contributed by atoms with Gasteiger partial charge in [0.05, 0.1) is 5.56 Å². The standard InChI is InChI=1S/C24H32N2O3/c1-5-26(6-2)16-17-29-22(27)20-12-14-21(15-13-20)25-23(28)24(3,4)18-19-10-8-7-9-11-19/h7-15H,5-6,16-18H2,1-4H3,(H,25,28). The van der Waals surface area contributed by atoms with E-state index in [2.05, 4.69) is 24.1 Å². The van der Waals surface area contributed by atoms with Crippen LogP contribution in [-0.4, -0.2) is 43.0 Å². The van der Waals surface area contributed by atoms with E-state index in [-0.39, 0.29) is 11.9 Å². The highest BCUT2D eigenvalue weighted by Gasteiger charge is 2.28. The molecule has 5 heteroatoms. The molecule has 0 aliphatic rings. The number of carbonyl (C=O) groups is 2. The Morgan fingerprint density at radius 1 is 0.966 bits per heavy atom. The molecule has 0 bridgehead atoms. The lowest BCUT2D eigenvalue weighted by atomic mass is 9.84. The largest absolute Gasteiger partial charge is 0.461 e. The number of amides is 1. The minimum atomic E-state index is -0.552. The molecule has 2 rings (SSSR count). The van der Waals surface area contributed by atoms with E-state index in [1.165, 1.54) is 0 Å². The van der Waals surface area contributed by atoms with Crippen molar-refractivity contribution in [2.45, 2.75) is 34.1 Å². The van der Waals surface area contributed by atoms with Crippen LogP contribution in [0.3, 0.4) is 0 Å². The van der Waals surface area contributed by atoms with Crippen LogP contribution in [0.25, 0.3) is 0 Å². The van der Waals surface area contributed by atoms with Crippen LogP contribution in [0.5, 0.6) is 0 Å². The molecule has 5 nitrogen and oxygen atoms in total. The summed E-state index contributed by atoms with van der Waals surface area (Å²) in [4.78, 5) is 27.1. The van der Waals surface area contributed by atoms with Crippen molar-refractivity contribution in [2.24, 2.45) is 5.41 Å². The van der Waals surface area contributed by atoms with Gasteiger partial charge in [-0.3, -0.25) is 4.79 Å². The maximum atomic E-state index is 12.7. The summed E-state index contributed by atoms with van der Waals surface area (Å²) in [6.45, 7) is 11.0. The normalized spacial score (nSPS) is 11.3. The smallest absolute Gasteiger partial charge is 0.338 e. The van der Waals surface area contributed by atoms with Gasteiger partial charge < -0.3 is 15.0 Å². The van der Waals surface area contributed by atoms with Gasteiger partial charge in [0.1, 0.15) is 6.61 Å². The fourth-order valence-corrected chi connectivity index (χ4v) is 3.07. The first kappa shape index (κ1) is 22.6. The number of carbonyl (C=O) groups excluding carboxylic acids is 2. The molecule has 0 aromatic heterocycles. The van der Waals surface area contributed by atoms with Gasteiger partial charge in [-0.15, -0.1) is 0 Å². The number of hydrogen-bond donors (Lipinski definition) is 1. The first-order valence-corrected chi connectivity index (χ1v) is 10.2. The summed E-state index contributed by atoms with van der Waals surface area (Å²) in [5.74, 6) is -0.407. The number of hydrogen-bond acceptors (Lipinski definition) is 4. The molecule has 0 fully saturated rings. The number of nitrogens with zero attached hydrogens (tertiary/aromatic N) is 1. The first-order chi connectivity index (χ1) is 13.9. The van der Waals surface area contributed by atoms with E-state index < -0.39 is 5.41 Å². The summed E-state index contributed by atoms with van der Waals surface area (Å²) in [5, 5.41) is 2.94. The van der Waals surface area contributed by atoms with Crippen molar-refractivity contribution in [3.8, 4) is 0 Å². The van der Waals surface area contributed by atoms with Crippen molar-refractivity contribution in [1.29, 1.82) is 0 Å². The molecule has 29 heavy (non-hydrogen) atoms. The number of likely N-dealkylation sites (N-methyl/N-ethyl adjacent to an activating group) is 1. The van der Waals surface area contributed by atoms with Gasteiger partial charge in [-0.1, -0.05) is 58.0 Å². The van der Waals surface area contributed by atoms with Crippen LogP contribution in [0.1, 0.15) is 43.6 Å². The Balaban J connectivity index is 1.89. The van der Waals surface area contributed by atoms with Crippen molar-refractivity contribution in [2.75, 3.05) is 31.6 Å². The molecule has 0 saturated heterocycles. The van der Waals surface area contributed by atoms with E-state index in [9.17, 15) is 9.59 Å². The van der Waals surface area contributed by atoms with Crippen LogP contribution in [0, 0.1) is 5.41 Å². The Bertz CT molecular complexity index is 782. The second kappa shape index (κ2) is 10.8. The van der Waals surface area contributed by atoms with Crippen LogP contribution in [-0.2, 0) is 16.0 Å². The van der Waals surface area contributed by atoms with E-state index in [0.717, 1.165) is 25.2 Å². The Hall–Kier alpha value is -2.66. The van der Waals surface area contributed by atoms with Gasteiger partial charge >= 0.3 is 5.97 Å². The SMILES string of the molecule is CCN(CC)CCOC(=O)c1ccc(NC(=O)C(C)(C)Cc2ccccc2)cc1. The van der Waals surface area contributed by atoms with Crippen LogP contribution >= 0.6 is 0 Å². The van der Waals surface area contributed by atoms with Crippen molar-refractivity contribution in [3.63, 3.8) is 0 Å². The summed E-state index contributed by atoms with van der Waals surface area (Å²) in [5.41, 5.74) is 1.71. The maximum Gasteiger partial charge on any atom is 0.338 e. The lowest BCUT2D eigenvalue weighted by molar-refractivity contribution is -0.123. The zero-order valence-corrected chi connectivity index (χ0v) is 17.9. The zero-order valence-electron chi connectivity index (χ0n) is 17.9. The Morgan fingerprint density at radius 3 is 2.17 bits per heavy atom. The molecule has 2 aromatic rings. The van der Waals surface area contributed by atoms with Crippen LogP contribution in [0.2, 0.25) is 0 Å². The lowest BCUT2D eigenvalue weighted by Gasteiger charge is -2.23. The molecular formula is C24H32N2O3. The van der Waals surface area contributed by atoms with Gasteiger partial charge in [-0.05, 0) is 49.3 Å². The monoisotopic (exact) mass is 396 g/mol. The molecule has 0 unspecified atom stereocenters. The van der Waals surface area contributed by atoms with E-state index in [1.807, 2.05) is 44.2 Å². The highest BCUT2D eigenvalue weighted by molar-refractivity contribution is 5.96. The topological polar surface area (TPSA) is 58.6 Å². The van der Waals surface area contributed by atoms with E-state index in [0.29, 0.717) is 24.3 Å². The second-order valence-electron chi connectivity index (χ2n) is 7.74. The quantitative estimate of drug-likeness (QED) is 0.605. The molecule has 0 spiro atoms. The average Bonchev–Trinajstić information content (AvgIpc) is 2.72. The predicted molar refractivity (Wildman–Crippen MR) is 117 cm³/mol. The van der Waals surface area contributed by atoms with Crippen LogP contribution in [0.4, 0.5) is 5.69 Å². The summed E-state index contributed by atoms with van der Waals surface area (Å²) in [7, 11) is 0. The maximum absolute atomic E-state index is 12.7. The third kappa shape index (κ3) is 7.02. The Kier molecular flexibility index (Phi) is 8.40. The average molecular weight is 397 g/mol. The number of rotatable bonds is 10. The molecule has 0 saturated carbocycles. The molecule has 0 aliphatic carbocycles. The number of esters is 1. The first-order valence-electron chi connectivity index (χ1n) is 10.2. The molecule has 0 heterocycles. The second-order valence-corrected chi connectivity index (χ2v) is 7.74. The molecule has 0 aliphatic heterocycles. The molecule has 0 radical (unpaired) electrons. The zero-order chi connectivity index (χ0) is 21.3. The molecule has 2 aromatic carbocycles. The van der Waals surface area contributed by atoms with Gasteiger partial charge in [0, 0.05) is 17.6 Å². The summed E-state index contributed by atoms with van der Waals surface area (Å²) >= 11 is 0. The van der Waals surface area contributed by atoms with Crippen molar-refractivity contribution >= 4 is 17.6 Å². The van der Waals surface area contributed by atoms with Gasteiger partial charge in [-0.25, -0.2) is 4.79 Å². The molecule has 1 N–H and O–H groups in total. The van der Waals surface area contributed by atoms with E-state index in [1.54, 1.807) is 24.3 Å². The molecule has 1 amide bonds. The minimum absolute atomic E-state index is 0.0593. The fourth-order valence-electron chi connectivity index (χ4n) is 3.07.